The van der Waals surface area contributed by atoms with Crippen LogP contribution < -0.4 is 10.1 Å². The Kier molecular flexibility index (Phi) is 12.4. The SMILES string of the molecule is C/C=C/CN1CC=C(c2ccc(F)cc2)CC1.C=C/C=C/C1COc2ccc(F)cc2C(=O)N1.CC. The van der Waals surface area contributed by atoms with Crippen molar-refractivity contribution in [1.82, 2.24) is 10.2 Å². The lowest BCUT2D eigenvalue weighted by Gasteiger charge is -2.25. The summed E-state index contributed by atoms with van der Waals surface area (Å²) in [4.78, 5) is 14.2. The van der Waals surface area contributed by atoms with Crippen molar-refractivity contribution in [1.29, 1.82) is 0 Å². The molecular weight excluding hydrogens is 458 g/mol. The van der Waals surface area contributed by atoms with Crippen molar-refractivity contribution in [2.45, 2.75) is 33.2 Å². The van der Waals surface area contributed by atoms with Crippen molar-refractivity contribution in [3.63, 3.8) is 0 Å². The van der Waals surface area contributed by atoms with Gasteiger partial charge in [-0.2, -0.15) is 0 Å². The van der Waals surface area contributed by atoms with Crippen molar-refractivity contribution < 1.29 is 18.3 Å². The number of nitrogens with zero attached hydrogens (tertiary/aromatic N) is 1. The second-order valence-electron chi connectivity index (χ2n) is 7.97. The Morgan fingerprint density at radius 2 is 1.86 bits per heavy atom. The van der Waals surface area contributed by atoms with E-state index in [0.29, 0.717) is 12.4 Å². The highest BCUT2D eigenvalue weighted by molar-refractivity contribution is 5.97. The molecule has 0 saturated heterocycles. The Labute approximate surface area is 213 Å². The summed E-state index contributed by atoms with van der Waals surface area (Å²) in [5.74, 6) is -0.559. The molecular formula is C30H36F2N2O2. The maximum atomic E-state index is 13.0. The van der Waals surface area contributed by atoms with Gasteiger partial charge in [-0.1, -0.05) is 69.0 Å². The number of nitrogens with one attached hydrogen (secondary N) is 1. The van der Waals surface area contributed by atoms with Crippen LogP contribution >= 0.6 is 0 Å². The number of allylic oxidation sites excluding steroid dienone is 3. The highest BCUT2D eigenvalue weighted by Gasteiger charge is 2.21. The van der Waals surface area contributed by atoms with Gasteiger partial charge in [0.05, 0.1) is 11.6 Å². The van der Waals surface area contributed by atoms with Gasteiger partial charge in [-0.3, -0.25) is 9.69 Å². The monoisotopic (exact) mass is 494 g/mol. The number of fused-ring (bicyclic) bond motifs is 1. The van der Waals surface area contributed by atoms with Crippen molar-refractivity contribution in [2.75, 3.05) is 26.2 Å². The minimum atomic E-state index is -0.456. The Bertz CT molecular complexity index is 1070. The summed E-state index contributed by atoms with van der Waals surface area (Å²) in [6.07, 6.45) is 12.7. The van der Waals surface area contributed by atoms with Crippen LogP contribution in [0.1, 0.15) is 43.1 Å². The highest BCUT2D eigenvalue weighted by atomic mass is 19.1. The van der Waals surface area contributed by atoms with Crippen LogP contribution in [0.2, 0.25) is 0 Å². The van der Waals surface area contributed by atoms with E-state index in [-0.39, 0.29) is 23.3 Å². The molecule has 0 fully saturated rings. The van der Waals surface area contributed by atoms with Crippen LogP contribution in [0.15, 0.2) is 85.5 Å². The van der Waals surface area contributed by atoms with E-state index < -0.39 is 5.82 Å². The summed E-state index contributed by atoms with van der Waals surface area (Å²) in [6.45, 7) is 13.0. The number of ether oxygens (including phenoxy) is 1. The Balaban J connectivity index is 0.000000237. The quantitative estimate of drug-likeness (QED) is 0.377. The largest absolute Gasteiger partial charge is 0.490 e. The molecule has 4 nitrogen and oxygen atoms in total. The summed E-state index contributed by atoms with van der Waals surface area (Å²) in [5, 5.41) is 2.73. The average Bonchev–Trinajstić information content (AvgIpc) is 3.06. The molecule has 2 heterocycles. The zero-order valence-corrected chi connectivity index (χ0v) is 21.3. The van der Waals surface area contributed by atoms with E-state index in [9.17, 15) is 13.6 Å². The third kappa shape index (κ3) is 8.93. The summed E-state index contributed by atoms with van der Waals surface area (Å²) in [6, 6.07) is 10.5. The summed E-state index contributed by atoms with van der Waals surface area (Å²) in [5.41, 5.74) is 2.71. The van der Waals surface area contributed by atoms with E-state index in [1.165, 1.54) is 35.9 Å². The molecule has 1 amide bonds. The van der Waals surface area contributed by atoms with E-state index in [2.05, 4.69) is 35.0 Å². The highest BCUT2D eigenvalue weighted by Crippen LogP contribution is 2.23. The molecule has 6 heteroatoms. The van der Waals surface area contributed by atoms with E-state index in [1.54, 1.807) is 18.2 Å². The molecule has 36 heavy (non-hydrogen) atoms. The predicted molar refractivity (Wildman–Crippen MR) is 144 cm³/mol. The van der Waals surface area contributed by atoms with Crippen LogP contribution in [0.5, 0.6) is 5.75 Å². The molecule has 0 aromatic heterocycles. The Morgan fingerprint density at radius 1 is 1.14 bits per heavy atom. The topological polar surface area (TPSA) is 41.6 Å². The first-order chi connectivity index (χ1) is 17.5. The second-order valence-corrected chi connectivity index (χ2v) is 7.97. The second kappa shape index (κ2) is 15.5. The number of amides is 1. The normalized spacial score (nSPS) is 17.4. The lowest BCUT2D eigenvalue weighted by molar-refractivity contribution is 0.0946. The van der Waals surface area contributed by atoms with Crippen molar-refractivity contribution in [2.24, 2.45) is 0 Å². The first-order valence-corrected chi connectivity index (χ1v) is 12.3. The molecule has 2 aromatic carbocycles. The molecule has 0 radical (unpaired) electrons. The van der Waals surface area contributed by atoms with Gasteiger partial charge in [-0.25, -0.2) is 8.78 Å². The minimum absolute atomic E-state index is 0.167. The van der Waals surface area contributed by atoms with E-state index in [1.807, 2.05) is 32.9 Å². The van der Waals surface area contributed by atoms with Gasteiger partial charge >= 0.3 is 0 Å². The lowest BCUT2D eigenvalue weighted by Crippen LogP contribution is -2.35. The van der Waals surface area contributed by atoms with Crippen molar-refractivity contribution in [3.8, 4) is 5.75 Å². The lowest BCUT2D eigenvalue weighted by atomic mass is 9.99. The summed E-state index contributed by atoms with van der Waals surface area (Å²) >= 11 is 0. The third-order valence-electron chi connectivity index (χ3n) is 5.51. The fourth-order valence-electron chi connectivity index (χ4n) is 3.65. The molecule has 2 aliphatic heterocycles. The van der Waals surface area contributed by atoms with Gasteiger partial charge in [0, 0.05) is 19.6 Å². The molecule has 192 valence electrons. The molecule has 1 N–H and O–H groups in total. The first kappa shape index (κ1) is 28.7. The first-order valence-electron chi connectivity index (χ1n) is 12.3. The maximum Gasteiger partial charge on any atom is 0.255 e. The number of hydrogen-bond acceptors (Lipinski definition) is 3. The summed E-state index contributed by atoms with van der Waals surface area (Å²) < 4.78 is 31.3. The third-order valence-corrected chi connectivity index (χ3v) is 5.51. The fourth-order valence-corrected chi connectivity index (χ4v) is 3.65. The molecule has 0 aliphatic carbocycles. The Hall–Kier alpha value is -3.51. The van der Waals surface area contributed by atoms with Gasteiger partial charge in [0.1, 0.15) is 24.0 Å². The summed E-state index contributed by atoms with van der Waals surface area (Å²) in [7, 11) is 0. The molecule has 0 bridgehead atoms. The molecule has 1 unspecified atom stereocenters. The van der Waals surface area contributed by atoms with Crippen LogP contribution in [-0.2, 0) is 0 Å². The molecule has 0 saturated carbocycles. The Morgan fingerprint density at radius 3 is 2.50 bits per heavy atom. The standard InChI is InChI=1S/C15H18FN.C13H12FNO2.C2H6/c1-2-3-10-17-11-8-14(9-12-17)13-4-6-15(16)7-5-13;1-2-3-4-10-8-17-12-6-5-9(14)7-11(12)13(16)15-10;1-2/h2-8H,9-12H2,1H3;2-7,10H,1,8H2,(H,15,16);1-2H3/b3-2+;4-3+;. The van der Waals surface area contributed by atoms with Crippen LogP contribution in [0.3, 0.4) is 0 Å². The number of benzene rings is 2. The number of hydrogen-bond donors (Lipinski definition) is 1. The minimum Gasteiger partial charge on any atom is -0.490 e. The molecule has 4 rings (SSSR count). The van der Waals surface area contributed by atoms with E-state index >= 15 is 0 Å². The molecule has 1 atom stereocenters. The molecule has 0 spiro atoms. The average molecular weight is 495 g/mol. The molecule has 2 aliphatic rings. The van der Waals surface area contributed by atoms with Gasteiger partial charge in [0.2, 0.25) is 0 Å². The predicted octanol–water partition coefficient (Wildman–Crippen LogP) is 6.58. The zero-order chi connectivity index (χ0) is 26.3. The van der Waals surface area contributed by atoms with Gasteiger partial charge in [-0.05, 0) is 54.8 Å². The van der Waals surface area contributed by atoms with Gasteiger partial charge < -0.3 is 10.1 Å². The van der Waals surface area contributed by atoms with Gasteiger partial charge in [0.15, 0.2) is 0 Å². The van der Waals surface area contributed by atoms with Crippen LogP contribution in [0.25, 0.3) is 5.57 Å². The smallest absolute Gasteiger partial charge is 0.255 e. The van der Waals surface area contributed by atoms with E-state index in [0.717, 1.165) is 31.6 Å². The zero-order valence-electron chi connectivity index (χ0n) is 21.3. The molecule has 2 aromatic rings. The number of carbonyl (C=O) groups excluding carboxylic acids is 1. The van der Waals surface area contributed by atoms with Gasteiger partial charge in [0.25, 0.3) is 5.91 Å². The van der Waals surface area contributed by atoms with Crippen molar-refractivity contribution >= 4 is 11.5 Å². The van der Waals surface area contributed by atoms with Crippen LogP contribution in [0, 0.1) is 11.6 Å². The fraction of sp³-hybridized carbons (Fsp3) is 0.300. The number of rotatable bonds is 5. The maximum absolute atomic E-state index is 13.0. The van der Waals surface area contributed by atoms with Gasteiger partial charge in [-0.15, -0.1) is 0 Å². The van der Waals surface area contributed by atoms with E-state index in [4.69, 9.17) is 4.74 Å². The van der Waals surface area contributed by atoms with Crippen LogP contribution in [0.4, 0.5) is 8.78 Å². The number of halogens is 2. The van der Waals surface area contributed by atoms with Crippen molar-refractivity contribution in [3.05, 3.63) is 108 Å². The number of carbonyl (C=O) groups is 1. The van der Waals surface area contributed by atoms with Crippen LogP contribution in [-0.4, -0.2) is 43.1 Å².